The number of anilines is 1. The molecule has 1 aromatic carbocycles. The van der Waals surface area contributed by atoms with E-state index in [-0.39, 0.29) is 17.8 Å². The Labute approximate surface area is 150 Å². The Kier molecular flexibility index (Phi) is 3.86. The molecule has 10 heteroatoms. The molecular formula is C17H16F3N5O2. The molecule has 0 atom stereocenters. The summed E-state index contributed by atoms with van der Waals surface area (Å²) in [4.78, 5) is 30.9. The Bertz CT molecular complexity index is 1170. The first-order chi connectivity index (χ1) is 12.8. The lowest BCUT2D eigenvalue weighted by Crippen LogP contribution is -2.38. The fourth-order valence-electron chi connectivity index (χ4n) is 3.48. The second kappa shape index (κ2) is 6.00. The Morgan fingerprint density at radius 2 is 1.70 bits per heavy atom. The van der Waals surface area contributed by atoms with Crippen LogP contribution in [0.3, 0.4) is 0 Å². The van der Waals surface area contributed by atoms with Crippen molar-refractivity contribution in [3.05, 3.63) is 56.0 Å². The molecule has 0 saturated carbocycles. The first-order valence-electron chi connectivity index (χ1n) is 8.34. The summed E-state index contributed by atoms with van der Waals surface area (Å²) in [5.41, 5.74) is -0.143. The molecule has 4 rings (SSSR count). The summed E-state index contributed by atoms with van der Waals surface area (Å²) in [6.45, 7) is 1.16. The molecule has 0 saturated heterocycles. The van der Waals surface area contributed by atoms with E-state index < -0.39 is 28.7 Å². The lowest BCUT2D eigenvalue weighted by molar-refractivity contribution is 0.444. The first-order valence-corrected chi connectivity index (χ1v) is 8.34. The summed E-state index contributed by atoms with van der Waals surface area (Å²) >= 11 is 0. The molecular weight excluding hydrogens is 363 g/mol. The van der Waals surface area contributed by atoms with E-state index in [4.69, 9.17) is 0 Å². The van der Waals surface area contributed by atoms with Gasteiger partial charge in [0.25, 0.3) is 5.56 Å². The van der Waals surface area contributed by atoms with E-state index in [1.54, 1.807) is 9.47 Å². The summed E-state index contributed by atoms with van der Waals surface area (Å²) in [7, 11) is 2.92. The summed E-state index contributed by atoms with van der Waals surface area (Å²) in [6.07, 6.45) is 0.677. The molecule has 3 heterocycles. The summed E-state index contributed by atoms with van der Waals surface area (Å²) < 4.78 is 44.2. The van der Waals surface area contributed by atoms with Crippen LogP contribution in [-0.4, -0.2) is 25.2 Å². The molecule has 0 N–H and O–H groups in total. The average Bonchev–Trinajstić information content (AvgIpc) is 3.03. The minimum Gasteiger partial charge on any atom is -0.338 e. The van der Waals surface area contributed by atoms with Crippen LogP contribution in [0.25, 0.3) is 11.2 Å². The van der Waals surface area contributed by atoms with Crippen LogP contribution in [0.1, 0.15) is 12.0 Å². The van der Waals surface area contributed by atoms with E-state index >= 15 is 0 Å². The van der Waals surface area contributed by atoms with Crippen LogP contribution < -0.4 is 16.1 Å². The van der Waals surface area contributed by atoms with Crippen molar-refractivity contribution in [3.63, 3.8) is 0 Å². The molecule has 0 aliphatic carbocycles. The molecule has 0 unspecified atom stereocenters. The zero-order valence-corrected chi connectivity index (χ0v) is 14.7. The van der Waals surface area contributed by atoms with Crippen molar-refractivity contribution in [2.75, 3.05) is 11.4 Å². The van der Waals surface area contributed by atoms with Crippen molar-refractivity contribution in [2.45, 2.75) is 19.5 Å². The van der Waals surface area contributed by atoms with Crippen molar-refractivity contribution in [3.8, 4) is 0 Å². The lowest BCUT2D eigenvalue weighted by atomic mass is 10.2. The van der Waals surface area contributed by atoms with Crippen LogP contribution in [0.5, 0.6) is 0 Å². The quantitative estimate of drug-likeness (QED) is 0.629. The maximum Gasteiger partial charge on any atom is 0.332 e. The van der Waals surface area contributed by atoms with Crippen molar-refractivity contribution in [2.24, 2.45) is 14.1 Å². The fourth-order valence-corrected chi connectivity index (χ4v) is 3.48. The second-order valence-corrected chi connectivity index (χ2v) is 6.59. The third-order valence-electron chi connectivity index (χ3n) is 4.84. The van der Waals surface area contributed by atoms with Gasteiger partial charge in [-0.2, -0.15) is 4.98 Å². The minimum atomic E-state index is -1.51. The van der Waals surface area contributed by atoms with Crippen molar-refractivity contribution in [1.82, 2.24) is 18.7 Å². The van der Waals surface area contributed by atoms with E-state index in [9.17, 15) is 22.8 Å². The van der Waals surface area contributed by atoms with Gasteiger partial charge in [0.1, 0.15) is 0 Å². The Morgan fingerprint density at radius 1 is 1.04 bits per heavy atom. The highest BCUT2D eigenvalue weighted by atomic mass is 19.2. The zero-order chi connectivity index (χ0) is 19.5. The molecule has 27 heavy (non-hydrogen) atoms. The molecule has 0 spiro atoms. The Balaban J connectivity index is 1.85. The molecule has 142 valence electrons. The number of aryl methyl sites for hydroxylation is 2. The molecule has 3 aromatic rings. The molecule has 1 aliphatic rings. The summed E-state index contributed by atoms with van der Waals surface area (Å²) in [5, 5.41) is 0. The van der Waals surface area contributed by atoms with Gasteiger partial charge in [0.2, 0.25) is 5.95 Å². The monoisotopic (exact) mass is 379 g/mol. The van der Waals surface area contributed by atoms with Crippen LogP contribution >= 0.6 is 0 Å². The minimum absolute atomic E-state index is 0.0890. The van der Waals surface area contributed by atoms with Crippen molar-refractivity contribution in [1.29, 1.82) is 0 Å². The van der Waals surface area contributed by atoms with Gasteiger partial charge in [0.15, 0.2) is 28.6 Å². The number of hydrogen-bond acceptors (Lipinski definition) is 4. The van der Waals surface area contributed by atoms with E-state index in [0.717, 1.165) is 16.7 Å². The highest BCUT2D eigenvalue weighted by molar-refractivity contribution is 5.74. The maximum absolute atomic E-state index is 13.5. The highest BCUT2D eigenvalue weighted by Crippen LogP contribution is 2.26. The standard InChI is InChI=1S/C17H16F3N5O2/c1-22-14-13(15(26)23(2)17(22)27)25-5-3-4-24(16(25)21-14)8-9-6-10(18)12(20)11(19)7-9/h6-7H,3-5,8H2,1-2H3. The Hall–Kier alpha value is -3.04. The van der Waals surface area contributed by atoms with Gasteiger partial charge in [-0.1, -0.05) is 0 Å². The van der Waals surface area contributed by atoms with E-state index in [1.165, 1.54) is 18.7 Å². The lowest BCUT2D eigenvalue weighted by Gasteiger charge is -2.29. The van der Waals surface area contributed by atoms with Gasteiger partial charge in [-0.3, -0.25) is 13.9 Å². The highest BCUT2D eigenvalue weighted by Gasteiger charge is 2.26. The van der Waals surface area contributed by atoms with Gasteiger partial charge in [-0.15, -0.1) is 0 Å². The van der Waals surface area contributed by atoms with E-state index in [0.29, 0.717) is 31.0 Å². The van der Waals surface area contributed by atoms with Crippen LogP contribution in [0, 0.1) is 17.5 Å². The van der Waals surface area contributed by atoms with Gasteiger partial charge in [0, 0.05) is 33.7 Å². The molecule has 2 aromatic heterocycles. The number of benzene rings is 1. The summed E-state index contributed by atoms with van der Waals surface area (Å²) in [5.74, 6) is -3.60. The largest absolute Gasteiger partial charge is 0.338 e. The molecule has 0 amide bonds. The van der Waals surface area contributed by atoms with Gasteiger partial charge in [-0.05, 0) is 24.1 Å². The van der Waals surface area contributed by atoms with Crippen LogP contribution in [0.4, 0.5) is 19.1 Å². The van der Waals surface area contributed by atoms with E-state index in [2.05, 4.69) is 4.98 Å². The summed E-state index contributed by atoms with van der Waals surface area (Å²) in [6, 6.07) is 1.88. The second-order valence-electron chi connectivity index (χ2n) is 6.59. The number of fused-ring (bicyclic) bond motifs is 3. The maximum atomic E-state index is 13.5. The third kappa shape index (κ3) is 2.54. The average molecular weight is 379 g/mol. The molecule has 0 fully saturated rings. The smallest absolute Gasteiger partial charge is 0.332 e. The van der Waals surface area contributed by atoms with Crippen molar-refractivity contribution >= 4 is 17.1 Å². The van der Waals surface area contributed by atoms with Crippen LogP contribution in [0.2, 0.25) is 0 Å². The third-order valence-corrected chi connectivity index (χ3v) is 4.84. The Morgan fingerprint density at radius 3 is 2.37 bits per heavy atom. The zero-order valence-electron chi connectivity index (χ0n) is 14.7. The molecule has 0 bridgehead atoms. The number of halogens is 3. The SMILES string of the molecule is Cn1c(=O)c2c(nc3n2CCCN3Cc2cc(F)c(F)c(F)c2)n(C)c1=O. The van der Waals surface area contributed by atoms with E-state index in [1.807, 2.05) is 0 Å². The van der Waals surface area contributed by atoms with Gasteiger partial charge >= 0.3 is 5.69 Å². The van der Waals surface area contributed by atoms with Crippen LogP contribution in [0.15, 0.2) is 21.7 Å². The molecule has 1 aliphatic heterocycles. The van der Waals surface area contributed by atoms with Gasteiger partial charge < -0.3 is 9.47 Å². The predicted molar refractivity (Wildman–Crippen MR) is 92.2 cm³/mol. The number of nitrogens with zero attached hydrogens (tertiary/aromatic N) is 5. The fraction of sp³-hybridized carbons (Fsp3) is 0.353. The normalized spacial score (nSPS) is 14.0. The van der Waals surface area contributed by atoms with Gasteiger partial charge in [0.05, 0.1) is 0 Å². The van der Waals surface area contributed by atoms with Crippen LogP contribution in [-0.2, 0) is 27.2 Å². The van der Waals surface area contributed by atoms with Gasteiger partial charge in [-0.25, -0.2) is 18.0 Å². The predicted octanol–water partition coefficient (Wildman–Crippen LogP) is 1.26. The number of imidazole rings is 1. The number of hydrogen-bond donors (Lipinski definition) is 0. The molecule has 7 nitrogen and oxygen atoms in total. The topological polar surface area (TPSA) is 65.1 Å². The number of aromatic nitrogens is 4. The first kappa shape index (κ1) is 17.4. The molecule has 0 radical (unpaired) electrons. The number of rotatable bonds is 2. The van der Waals surface area contributed by atoms with Crippen molar-refractivity contribution < 1.29 is 13.2 Å².